The van der Waals surface area contributed by atoms with Gasteiger partial charge in [0.05, 0.1) is 10.8 Å². The summed E-state index contributed by atoms with van der Waals surface area (Å²) in [6.07, 6.45) is 0. The van der Waals surface area contributed by atoms with E-state index in [1.165, 1.54) is 77.5 Å². The van der Waals surface area contributed by atoms with Crippen molar-refractivity contribution >= 4 is 22.1 Å². The molecule has 9 aromatic rings. The molecule has 0 radical (unpaired) electrons. The standard InChI is InChI=1S/C54H37N/c1-3-17-41(18-4-1)53(43-21-13-22-45(36-43)55-44-33-31-38(32-34-44)40-30-29-37-15-7-8-16-39(37)35-40)49-26-11-12-27-50(49)54(42-19-5-2-6-20-42)48-25-10-9-23-46(48)47-24-14-28-51(53)52(47)54/h1-36,55H. The van der Waals surface area contributed by atoms with Gasteiger partial charge in [-0.1, -0.05) is 188 Å². The third-order valence-electron chi connectivity index (χ3n) is 12.2. The van der Waals surface area contributed by atoms with E-state index in [1.807, 2.05) is 0 Å². The fourth-order valence-electron chi connectivity index (χ4n) is 9.97. The van der Waals surface area contributed by atoms with Gasteiger partial charge in [-0.3, -0.25) is 0 Å². The van der Waals surface area contributed by atoms with Crippen LogP contribution in [0.4, 0.5) is 11.4 Å². The summed E-state index contributed by atoms with van der Waals surface area (Å²) in [6.45, 7) is 0. The number of benzene rings is 9. The van der Waals surface area contributed by atoms with Crippen molar-refractivity contribution in [2.45, 2.75) is 10.8 Å². The van der Waals surface area contributed by atoms with E-state index in [4.69, 9.17) is 0 Å². The van der Waals surface area contributed by atoms with Crippen molar-refractivity contribution in [3.8, 4) is 22.3 Å². The highest BCUT2D eigenvalue weighted by Crippen LogP contribution is 2.65. The van der Waals surface area contributed by atoms with E-state index in [0.717, 1.165) is 11.4 Å². The minimum atomic E-state index is -0.582. The Hall–Kier alpha value is -6.96. The predicted octanol–water partition coefficient (Wildman–Crippen LogP) is 13.3. The lowest BCUT2D eigenvalue weighted by Crippen LogP contribution is -2.44. The molecule has 2 aliphatic carbocycles. The summed E-state index contributed by atoms with van der Waals surface area (Å²) in [5, 5.41) is 6.30. The summed E-state index contributed by atoms with van der Waals surface area (Å²) in [7, 11) is 0. The van der Waals surface area contributed by atoms with Crippen LogP contribution in [0, 0.1) is 0 Å². The largest absolute Gasteiger partial charge is 0.356 e. The first-order valence-corrected chi connectivity index (χ1v) is 19.2. The van der Waals surface area contributed by atoms with Crippen LogP contribution in [0.15, 0.2) is 218 Å². The maximum absolute atomic E-state index is 3.79. The zero-order valence-corrected chi connectivity index (χ0v) is 30.3. The molecule has 2 unspecified atom stereocenters. The Morgan fingerprint density at radius 2 is 0.836 bits per heavy atom. The fourth-order valence-corrected chi connectivity index (χ4v) is 9.97. The Morgan fingerprint density at radius 1 is 0.291 bits per heavy atom. The molecule has 55 heavy (non-hydrogen) atoms. The van der Waals surface area contributed by atoms with Gasteiger partial charge in [0.15, 0.2) is 0 Å². The maximum Gasteiger partial charge on any atom is 0.0720 e. The van der Waals surface area contributed by atoms with Crippen LogP contribution < -0.4 is 5.32 Å². The molecular weight excluding hydrogens is 663 g/mol. The lowest BCUT2D eigenvalue weighted by molar-refractivity contribution is 0.627. The van der Waals surface area contributed by atoms with Gasteiger partial charge >= 0.3 is 0 Å². The van der Waals surface area contributed by atoms with Gasteiger partial charge in [0.25, 0.3) is 0 Å². The summed E-state index contributed by atoms with van der Waals surface area (Å²) < 4.78 is 0. The quantitative estimate of drug-likeness (QED) is 0.182. The van der Waals surface area contributed by atoms with Gasteiger partial charge in [-0.2, -0.15) is 0 Å². The van der Waals surface area contributed by atoms with E-state index in [-0.39, 0.29) is 0 Å². The third-order valence-corrected chi connectivity index (χ3v) is 12.2. The van der Waals surface area contributed by atoms with Crippen LogP contribution in [0.2, 0.25) is 0 Å². The predicted molar refractivity (Wildman–Crippen MR) is 228 cm³/mol. The number of hydrogen-bond acceptors (Lipinski definition) is 1. The van der Waals surface area contributed by atoms with Crippen LogP contribution in [-0.2, 0) is 10.8 Å². The first kappa shape index (κ1) is 31.6. The molecule has 1 nitrogen and oxygen atoms in total. The molecule has 0 aliphatic heterocycles. The van der Waals surface area contributed by atoms with Gasteiger partial charge in [-0.15, -0.1) is 0 Å². The number of anilines is 2. The molecule has 0 heterocycles. The summed E-state index contributed by atoms with van der Waals surface area (Å²) in [5.74, 6) is 0. The van der Waals surface area contributed by atoms with E-state index in [2.05, 4.69) is 224 Å². The lowest BCUT2D eigenvalue weighted by atomic mass is 9.52. The summed E-state index contributed by atoms with van der Waals surface area (Å²) in [6, 6.07) is 80.8. The van der Waals surface area contributed by atoms with E-state index in [1.54, 1.807) is 0 Å². The maximum atomic E-state index is 3.79. The van der Waals surface area contributed by atoms with Gasteiger partial charge in [-0.05, 0) is 108 Å². The molecule has 1 heteroatoms. The van der Waals surface area contributed by atoms with Crippen molar-refractivity contribution in [3.05, 3.63) is 263 Å². The van der Waals surface area contributed by atoms with Gasteiger partial charge in [-0.25, -0.2) is 0 Å². The molecular formula is C54H37N. The Morgan fingerprint density at radius 3 is 1.60 bits per heavy atom. The summed E-state index contributed by atoms with van der Waals surface area (Å²) in [5.41, 5.74) is 16.6. The number of rotatable bonds is 6. The van der Waals surface area contributed by atoms with Crippen LogP contribution in [-0.4, -0.2) is 0 Å². The topological polar surface area (TPSA) is 12.0 Å². The van der Waals surface area contributed by atoms with Crippen LogP contribution in [0.3, 0.4) is 0 Å². The van der Waals surface area contributed by atoms with Crippen LogP contribution >= 0.6 is 0 Å². The fraction of sp³-hybridized carbons (Fsp3) is 0.0370. The Labute approximate surface area is 322 Å². The molecule has 2 aliphatic rings. The average Bonchev–Trinajstić information content (AvgIpc) is 3.57. The highest BCUT2D eigenvalue weighted by Gasteiger charge is 2.57. The van der Waals surface area contributed by atoms with E-state index >= 15 is 0 Å². The van der Waals surface area contributed by atoms with Gasteiger partial charge in [0, 0.05) is 11.4 Å². The minimum Gasteiger partial charge on any atom is -0.356 e. The van der Waals surface area contributed by atoms with Crippen LogP contribution in [0.1, 0.15) is 44.5 Å². The number of nitrogens with one attached hydrogen (secondary N) is 1. The van der Waals surface area contributed by atoms with Crippen molar-refractivity contribution in [3.63, 3.8) is 0 Å². The molecule has 0 fully saturated rings. The Bertz CT molecular complexity index is 2890. The molecule has 0 aromatic heterocycles. The van der Waals surface area contributed by atoms with Crippen molar-refractivity contribution in [1.82, 2.24) is 0 Å². The highest BCUT2D eigenvalue weighted by molar-refractivity contribution is 5.92. The van der Waals surface area contributed by atoms with Crippen LogP contribution in [0.5, 0.6) is 0 Å². The third kappa shape index (κ3) is 4.54. The zero-order valence-electron chi connectivity index (χ0n) is 30.3. The molecule has 2 atom stereocenters. The first-order valence-electron chi connectivity index (χ1n) is 19.2. The van der Waals surface area contributed by atoms with Crippen molar-refractivity contribution < 1.29 is 0 Å². The van der Waals surface area contributed by atoms with Crippen LogP contribution in [0.25, 0.3) is 33.0 Å². The van der Waals surface area contributed by atoms with E-state index in [0.29, 0.717) is 0 Å². The molecule has 0 saturated carbocycles. The molecule has 0 spiro atoms. The SMILES string of the molecule is c1ccc(C2(c3cccc(Nc4ccc(-c5ccc6ccccc6c5)cc4)c3)c3ccccc3C3(c4ccccc4)c4ccccc4-c4cccc2c43)cc1. The molecule has 1 N–H and O–H groups in total. The van der Waals surface area contributed by atoms with Gasteiger partial charge in [0.2, 0.25) is 0 Å². The smallest absolute Gasteiger partial charge is 0.0720 e. The van der Waals surface area contributed by atoms with Gasteiger partial charge in [0.1, 0.15) is 0 Å². The number of hydrogen-bond donors (Lipinski definition) is 1. The van der Waals surface area contributed by atoms with Crippen molar-refractivity contribution in [2.75, 3.05) is 5.32 Å². The number of fused-ring (bicyclic) bond motifs is 6. The van der Waals surface area contributed by atoms with E-state index in [9.17, 15) is 0 Å². The second-order valence-corrected chi connectivity index (χ2v) is 14.9. The van der Waals surface area contributed by atoms with Crippen molar-refractivity contribution in [2.24, 2.45) is 0 Å². The lowest BCUT2D eigenvalue weighted by Gasteiger charge is -2.49. The summed E-state index contributed by atoms with van der Waals surface area (Å²) >= 11 is 0. The first-order chi connectivity index (χ1) is 27.3. The van der Waals surface area contributed by atoms with Crippen molar-refractivity contribution in [1.29, 1.82) is 0 Å². The molecule has 9 aromatic carbocycles. The highest BCUT2D eigenvalue weighted by atomic mass is 14.9. The molecule has 0 bridgehead atoms. The molecule has 11 rings (SSSR count). The summed E-state index contributed by atoms with van der Waals surface area (Å²) in [4.78, 5) is 0. The minimum absolute atomic E-state index is 0.457. The monoisotopic (exact) mass is 699 g/mol. The normalized spacial score (nSPS) is 17.6. The second-order valence-electron chi connectivity index (χ2n) is 14.9. The second kappa shape index (κ2) is 12.3. The molecule has 0 saturated heterocycles. The average molecular weight is 700 g/mol. The molecule has 258 valence electrons. The zero-order chi connectivity index (χ0) is 36.4. The van der Waals surface area contributed by atoms with E-state index < -0.39 is 10.8 Å². The van der Waals surface area contributed by atoms with Gasteiger partial charge < -0.3 is 5.32 Å². The molecule has 0 amide bonds. The Kier molecular flexibility index (Phi) is 7.06. The Balaban J connectivity index is 1.10.